The van der Waals surface area contributed by atoms with Crippen LogP contribution in [0.5, 0.6) is 5.88 Å². The van der Waals surface area contributed by atoms with E-state index in [9.17, 15) is 5.26 Å². The highest BCUT2D eigenvalue weighted by Crippen LogP contribution is 2.45. The summed E-state index contributed by atoms with van der Waals surface area (Å²) in [4.78, 5) is 4.04. The Labute approximate surface area is 128 Å². The molecule has 112 valence electrons. The van der Waals surface area contributed by atoms with Gasteiger partial charge in [-0.3, -0.25) is 10.1 Å². The van der Waals surface area contributed by atoms with Crippen molar-refractivity contribution in [2.24, 2.45) is 5.73 Å². The number of allylic oxidation sites excluding steroid dienone is 1. The Kier molecular flexibility index (Phi) is 3.14. The summed E-state index contributed by atoms with van der Waals surface area (Å²) in [6, 6.07) is 5.94. The van der Waals surface area contributed by atoms with Gasteiger partial charge in [0.15, 0.2) is 0 Å². The first-order valence-electron chi connectivity index (χ1n) is 6.99. The van der Waals surface area contributed by atoms with Gasteiger partial charge >= 0.3 is 0 Å². The molecule has 0 spiro atoms. The van der Waals surface area contributed by atoms with Crippen LogP contribution in [0.15, 0.2) is 36.0 Å². The highest BCUT2D eigenvalue weighted by atomic mass is 16.5. The Morgan fingerprint density at radius 2 is 2.00 bits per heavy atom. The lowest BCUT2D eigenvalue weighted by atomic mass is 9.79. The molecule has 22 heavy (non-hydrogen) atoms. The van der Waals surface area contributed by atoms with Crippen molar-refractivity contribution in [2.75, 3.05) is 0 Å². The van der Waals surface area contributed by atoms with Crippen LogP contribution in [-0.4, -0.2) is 15.2 Å². The molecule has 0 fully saturated rings. The van der Waals surface area contributed by atoms with Crippen molar-refractivity contribution in [1.29, 1.82) is 5.26 Å². The molecular formula is C16H17N5O. The fourth-order valence-electron chi connectivity index (χ4n) is 2.71. The van der Waals surface area contributed by atoms with Gasteiger partial charge in [-0.2, -0.15) is 5.26 Å². The van der Waals surface area contributed by atoms with Crippen molar-refractivity contribution < 1.29 is 4.74 Å². The van der Waals surface area contributed by atoms with E-state index in [2.05, 4.69) is 42.0 Å². The Morgan fingerprint density at radius 3 is 2.59 bits per heavy atom. The number of nitrogens with two attached hydrogens (primary N) is 1. The van der Waals surface area contributed by atoms with E-state index in [1.165, 1.54) is 0 Å². The van der Waals surface area contributed by atoms with Gasteiger partial charge in [-0.05, 0) is 17.7 Å². The molecule has 6 nitrogen and oxygen atoms in total. The average Bonchev–Trinajstić information content (AvgIpc) is 2.90. The number of aromatic amines is 1. The minimum absolute atomic E-state index is 0.101. The van der Waals surface area contributed by atoms with E-state index in [-0.39, 0.29) is 17.2 Å². The molecule has 3 N–H and O–H groups in total. The van der Waals surface area contributed by atoms with Crippen LogP contribution in [0, 0.1) is 11.3 Å². The molecule has 0 saturated heterocycles. The van der Waals surface area contributed by atoms with Crippen molar-refractivity contribution in [3.63, 3.8) is 0 Å². The van der Waals surface area contributed by atoms with E-state index in [1.54, 1.807) is 12.4 Å². The van der Waals surface area contributed by atoms with Crippen LogP contribution in [0.1, 0.15) is 43.5 Å². The lowest BCUT2D eigenvalue weighted by Crippen LogP contribution is -2.23. The lowest BCUT2D eigenvalue weighted by Gasteiger charge is -2.27. The molecule has 1 aliphatic heterocycles. The minimum atomic E-state index is -0.301. The van der Waals surface area contributed by atoms with Gasteiger partial charge in [0.1, 0.15) is 11.6 Å². The quantitative estimate of drug-likeness (QED) is 0.840. The molecular weight excluding hydrogens is 278 g/mol. The molecule has 0 amide bonds. The van der Waals surface area contributed by atoms with Gasteiger partial charge in [0.25, 0.3) is 0 Å². The molecule has 0 unspecified atom stereocenters. The Morgan fingerprint density at radius 1 is 1.32 bits per heavy atom. The first-order chi connectivity index (χ1) is 10.4. The standard InChI is InChI=1S/C16H17N5O/c1-16(2,3)13-12-11(9-4-6-19-7-5-9)10(8-17)14(18)22-15(12)21-20-13/h4-7,11H,18H2,1-3H3,(H,20,21)/t11-/m1/s1. The summed E-state index contributed by atoms with van der Waals surface area (Å²) in [6.45, 7) is 6.24. The highest BCUT2D eigenvalue weighted by molar-refractivity contribution is 5.55. The molecule has 1 aliphatic rings. The first-order valence-corrected chi connectivity index (χ1v) is 6.99. The molecule has 2 aromatic heterocycles. The van der Waals surface area contributed by atoms with Crippen LogP contribution in [-0.2, 0) is 5.41 Å². The van der Waals surface area contributed by atoms with E-state index in [4.69, 9.17) is 10.5 Å². The number of H-pyrrole nitrogens is 1. The summed E-state index contributed by atoms with van der Waals surface area (Å²) in [5.74, 6) is 0.233. The van der Waals surface area contributed by atoms with E-state index in [0.717, 1.165) is 16.8 Å². The summed E-state index contributed by atoms with van der Waals surface area (Å²) in [5, 5.41) is 16.8. The third kappa shape index (κ3) is 2.11. The van der Waals surface area contributed by atoms with Gasteiger partial charge in [-0.1, -0.05) is 20.8 Å². The number of nitrogens with one attached hydrogen (secondary N) is 1. The van der Waals surface area contributed by atoms with Gasteiger partial charge in [0.05, 0.1) is 11.5 Å². The average molecular weight is 295 g/mol. The third-order valence-electron chi connectivity index (χ3n) is 3.73. The molecule has 6 heteroatoms. The summed E-state index contributed by atoms with van der Waals surface area (Å²) >= 11 is 0. The molecule has 2 aromatic rings. The number of pyridine rings is 1. The van der Waals surface area contributed by atoms with Crippen molar-refractivity contribution in [3.8, 4) is 11.9 Å². The van der Waals surface area contributed by atoms with Crippen molar-refractivity contribution in [2.45, 2.75) is 32.1 Å². The smallest absolute Gasteiger partial charge is 0.244 e. The van der Waals surface area contributed by atoms with Gasteiger partial charge in [-0.15, -0.1) is 5.10 Å². The summed E-state index contributed by atoms with van der Waals surface area (Å²) in [5.41, 5.74) is 8.88. The van der Waals surface area contributed by atoms with E-state index >= 15 is 0 Å². The predicted molar refractivity (Wildman–Crippen MR) is 80.8 cm³/mol. The number of hydrogen-bond donors (Lipinski definition) is 2. The third-order valence-corrected chi connectivity index (χ3v) is 3.73. The largest absolute Gasteiger partial charge is 0.420 e. The van der Waals surface area contributed by atoms with Crippen LogP contribution in [0.3, 0.4) is 0 Å². The molecule has 0 aliphatic carbocycles. The highest BCUT2D eigenvalue weighted by Gasteiger charge is 2.37. The Balaban J connectivity index is 2.27. The van der Waals surface area contributed by atoms with E-state index in [0.29, 0.717) is 11.5 Å². The second kappa shape index (κ2) is 4.88. The van der Waals surface area contributed by atoms with Gasteiger partial charge in [0, 0.05) is 23.5 Å². The minimum Gasteiger partial charge on any atom is -0.420 e. The maximum absolute atomic E-state index is 9.54. The van der Waals surface area contributed by atoms with Crippen molar-refractivity contribution in [1.82, 2.24) is 15.2 Å². The van der Waals surface area contributed by atoms with E-state index < -0.39 is 0 Å². The normalized spacial score (nSPS) is 17.6. The zero-order valence-electron chi connectivity index (χ0n) is 12.7. The topological polar surface area (TPSA) is 101 Å². The number of nitrogens with zero attached hydrogens (tertiary/aromatic N) is 3. The Hall–Kier alpha value is -2.81. The maximum atomic E-state index is 9.54. The maximum Gasteiger partial charge on any atom is 0.244 e. The van der Waals surface area contributed by atoms with E-state index in [1.807, 2.05) is 12.1 Å². The predicted octanol–water partition coefficient (Wildman–Crippen LogP) is 2.32. The fraction of sp³-hybridized carbons (Fsp3) is 0.312. The molecule has 1 atom stereocenters. The number of hydrogen-bond acceptors (Lipinski definition) is 5. The molecule has 0 aromatic carbocycles. The SMILES string of the molecule is CC(C)(C)c1[nH]nc2c1[C@H](c1ccncc1)C(C#N)=C(N)O2. The van der Waals surface area contributed by atoms with Crippen LogP contribution in [0.25, 0.3) is 0 Å². The van der Waals surface area contributed by atoms with Crippen LogP contribution >= 0.6 is 0 Å². The summed E-state index contributed by atoms with van der Waals surface area (Å²) < 4.78 is 5.54. The fourth-order valence-corrected chi connectivity index (χ4v) is 2.71. The number of nitriles is 1. The van der Waals surface area contributed by atoms with Crippen LogP contribution in [0.2, 0.25) is 0 Å². The first kappa shape index (κ1) is 14.1. The number of fused-ring (bicyclic) bond motifs is 1. The molecule has 3 heterocycles. The summed E-state index contributed by atoms with van der Waals surface area (Å²) in [7, 11) is 0. The van der Waals surface area contributed by atoms with Gasteiger partial charge in [0.2, 0.25) is 11.8 Å². The molecule has 0 radical (unpaired) electrons. The van der Waals surface area contributed by atoms with Gasteiger partial charge < -0.3 is 10.5 Å². The molecule has 0 bridgehead atoms. The molecule has 0 saturated carbocycles. The monoisotopic (exact) mass is 295 g/mol. The lowest BCUT2D eigenvalue weighted by molar-refractivity contribution is 0.378. The second-order valence-corrected chi connectivity index (χ2v) is 6.27. The zero-order valence-corrected chi connectivity index (χ0v) is 12.7. The number of rotatable bonds is 1. The molecule has 3 rings (SSSR count). The van der Waals surface area contributed by atoms with Crippen molar-refractivity contribution >= 4 is 0 Å². The Bertz CT molecular complexity index is 777. The number of aromatic nitrogens is 3. The summed E-state index contributed by atoms with van der Waals surface area (Å²) in [6.07, 6.45) is 3.40. The zero-order chi connectivity index (χ0) is 15.9. The van der Waals surface area contributed by atoms with Crippen LogP contribution < -0.4 is 10.5 Å². The van der Waals surface area contributed by atoms with Crippen molar-refractivity contribution in [3.05, 3.63) is 52.8 Å². The van der Waals surface area contributed by atoms with Crippen LogP contribution in [0.4, 0.5) is 0 Å². The number of ether oxygens (including phenoxy) is 1. The van der Waals surface area contributed by atoms with Gasteiger partial charge in [-0.25, -0.2) is 0 Å². The second-order valence-electron chi connectivity index (χ2n) is 6.27.